The highest BCUT2D eigenvalue weighted by molar-refractivity contribution is 5.77. The molecule has 0 bridgehead atoms. The van der Waals surface area contributed by atoms with Crippen molar-refractivity contribution in [2.24, 2.45) is 0 Å². The molecule has 122 valence electrons. The van der Waals surface area contributed by atoms with Gasteiger partial charge < -0.3 is 0 Å². The van der Waals surface area contributed by atoms with E-state index in [1.54, 1.807) is 0 Å². The number of rotatable bonds is 3. The number of anilines is 2. The van der Waals surface area contributed by atoms with Crippen LogP contribution in [0.25, 0.3) is 16.7 Å². The lowest BCUT2D eigenvalue weighted by atomic mass is 10.1. The fourth-order valence-corrected chi connectivity index (χ4v) is 3.24. The quantitative estimate of drug-likeness (QED) is 0.548. The number of aromatic amines is 1. The standard InChI is InChI=1S/C21H18N4/c1-3-15-8-10-16(11-9-15)23-20-12-14(2)17(13-22)21-24-18-6-4-5-7-19(18)25(20)21/h4-12H,3H2,1-2H3,(H,23,24)/p+1. The SMILES string of the molecule is CCc1ccc(Nc2cc(C)c(C#N)c3[nH]c4ccccc4[n+]23)cc1. The van der Waals surface area contributed by atoms with Gasteiger partial charge >= 0.3 is 0 Å². The van der Waals surface area contributed by atoms with Crippen LogP contribution in [0.5, 0.6) is 0 Å². The zero-order valence-electron chi connectivity index (χ0n) is 14.3. The summed E-state index contributed by atoms with van der Waals surface area (Å²) in [5.74, 6) is 0.938. The Hall–Kier alpha value is -3.32. The smallest absolute Gasteiger partial charge is 0.250 e. The van der Waals surface area contributed by atoms with Gasteiger partial charge in [0.15, 0.2) is 0 Å². The minimum Gasteiger partial charge on any atom is -0.273 e. The highest BCUT2D eigenvalue weighted by atomic mass is 15.1. The first-order chi connectivity index (χ1) is 12.2. The van der Waals surface area contributed by atoms with Crippen molar-refractivity contribution in [3.8, 4) is 6.07 Å². The molecule has 0 unspecified atom stereocenters. The van der Waals surface area contributed by atoms with E-state index in [-0.39, 0.29) is 0 Å². The number of nitrogens with zero attached hydrogens (tertiary/aromatic N) is 2. The summed E-state index contributed by atoms with van der Waals surface area (Å²) in [5, 5.41) is 13.1. The summed E-state index contributed by atoms with van der Waals surface area (Å²) in [6.45, 7) is 4.12. The number of pyridine rings is 1. The molecule has 4 aromatic rings. The fraction of sp³-hybridized carbons (Fsp3) is 0.143. The second kappa shape index (κ2) is 5.95. The molecule has 0 spiro atoms. The second-order valence-electron chi connectivity index (χ2n) is 6.20. The number of aromatic nitrogens is 2. The molecule has 0 fully saturated rings. The number of aryl methyl sites for hydroxylation is 2. The zero-order chi connectivity index (χ0) is 17.4. The Bertz CT molecular complexity index is 1110. The predicted octanol–water partition coefficient (Wildman–Crippen LogP) is 4.39. The maximum Gasteiger partial charge on any atom is 0.250 e. The molecule has 4 rings (SSSR count). The number of H-pyrrole nitrogens is 1. The molecule has 0 saturated carbocycles. The third-order valence-electron chi connectivity index (χ3n) is 4.59. The van der Waals surface area contributed by atoms with Gasteiger partial charge in [-0.15, -0.1) is 0 Å². The van der Waals surface area contributed by atoms with Crippen LogP contribution in [0.3, 0.4) is 0 Å². The highest BCUT2D eigenvalue weighted by Gasteiger charge is 2.20. The van der Waals surface area contributed by atoms with E-state index in [1.165, 1.54) is 5.56 Å². The molecule has 2 heterocycles. The molecule has 0 aliphatic heterocycles. The van der Waals surface area contributed by atoms with Crippen LogP contribution in [0.1, 0.15) is 23.6 Å². The Morgan fingerprint density at radius 1 is 1.12 bits per heavy atom. The van der Waals surface area contributed by atoms with Crippen molar-refractivity contribution in [3.63, 3.8) is 0 Å². The fourth-order valence-electron chi connectivity index (χ4n) is 3.24. The first kappa shape index (κ1) is 15.2. The summed E-state index contributed by atoms with van der Waals surface area (Å²) in [5.41, 5.74) is 6.82. The Kier molecular flexibility index (Phi) is 3.62. The molecule has 0 radical (unpaired) electrons. The summed E-state index contributed by atoms with van der Waals surface area (Å²) >= 11 is 0. The number of nitriles is 1. The monoisotopic (exact) mass is 327 g/mol. The van der Waals surface area contributed by atoms with Crippen molar-refractivity contribution in [1.82, 2.24) is 4.98 Å². The van der Waals surface area contributed by atoms with Crippen molar-refractivity contribution in [2.45, 2.75) is 20.3 Å². The summed E-state index contributed by atoms with van der Waals surface area (Å²) in [7, 11) is 0. The molecule has 2 aromatic heterocycles. The summed E-state index contributed by atoms with van der Waals surface area (Å²) in [6, 6.07) is 20.9. The number of imidazole rings is 1. The van der Waals surface area contributed by atoms with Crippen LogP contribution in [0, 0.1) is 18.3 Å². The average Bonchev–Trinajstić information content (AvgIpc) is 3.02. The predicted molar refractivity (Wildman–Crippen MR) is 100 cm³/mol. The number of para-hydroxylation sites is 2. The van der Waals surface area contributed by atoms with Crippen molar-refractivity contribution in [2.75, 3.05) is 5.32 Å². The van der Waals surface area contributed by atoms with E-state index in [2.05, 4.69) is 58.0 Å². The van der Waals surface area contributed by atoms with Crippen molar-refractivity contribution in [3.05, 3.63) is 71.3 Å². The van der Waals surface area contributed by atoms with Gasteiger partial charge in [0.05, 0.1) is 5.69 Å². The summed E-state index contributed by atoms with van der Waals surface area (Å²) < 4.78 is 2.08. The molecule has 4 nitrogen and oxygen atoms in total. The van der Waals surface area contributed by atoms with E-state index < -0.39 is 0 Å². The number of nitrogens with one attached hydrogen (secondary N) is 2. The second-order valence-corrected chi connectivity index (χ2v) is 6.20. The lowest BCUT2D eigenvalue weighted by Crippen LogP contribution is -2.26. The van der Waals surface area contributed by atoms with Gasteiger partial charge in [0, 0.05) is 6.07 Å². The highest BCUT2D eigenvalue weighted by Crippen LogP contribution is 2.22. The molecule has 0 atom stereocenters. The van der Waals surface area contributed by atoms with E-state index in [1.807, 2.05) is 31.2 Å². The van der Waals surface area contributed by atoms with Crippen LogP contribution in [0.15, 0.2) is 54.6 Å². The minimum atomic E-state index is 0.670. The summed E-state index contributed by atoms with van der Waals surface area (Å²) in [4.78, 5) is 3.38. The summed E-state index contributed by atoms with van der Waals surface area (Å²) in [6.07, 6.45) is 1.03. The number of hydrogen-bond donors (Lipinski definition) is 2. The Balaban J connectivity index is 1.94. The average molecular weight is 327 g/mol. The first-order valence-electron chi connectivity index (χ1n) is 8.43. The Morgan fingerprint density at radius 2 is 1.88 bits per heavy atom. The maximum atomic E-state index is 9.58. The van der Waals surface area contributed by atoms with Gasteiger partial charge in [0.1, 0.15) is 22.7 Å². The van der Waals surface area contributed by atoms with Gasteiger partial charge in [-0.1, -0.05) is 31.2 Å². The molecular weight excluding hydrogens is 308 g/mol. The third-order valence-corrected chi connectivity index (χ3v) is 4.59. The molecule has 25 heavy (non-hydrogen) atoms. The van der Waals surface area contributed by atoms with Crippen molar-refractivity contribution >= 4 is 28.2 Å². The van der Waals surface area contributed by atoms with Gasteiger partial charge in [0.25, 0.3) is 0 Å². The molecule has 2 N–H and O–H groups in total. The van der Waals surface area contributed by atoms with Gasteiger partial charge in [-0.25, -0.2) is 0 Å². The number of benzene rings is 2. The number of hydrogen-bond acceptors (Lipinski definition) is 2. The molecule has 0 amide bonds. The van der Waals surface area contributed by atoms with Gasteiger partial charge in [0.2, 0.25) is 11.5 Å². The van der Waals surface area contributed by atoms with Crippen molar-refractivity contribution < 1.29 is 4.40 Å². The normalized spacial score (nSPS) is 10.9. The molecule has 0 saturated heterocycles. The topological polar surface area (TPSA) is 55.7 Å². The van der Waals surface area contributed by atoms with Crippen molar-refractivity contribution in [1.29, 1.82) is 5.26 Å². The van der Waals surface area contributed by atoms with Crippen LogP contribution >= 0.6 is 0 Å². The number of fused-ring (bicyclic) bond motifs is 3. The molecular formula is C21H19N4+. The van der Waals surface area contributed by atoms with E-state index >= 15 is 0 Å². The molecule has 2 aromatic carbocycles. The lowest BCUT2D eigenvalue weighted by Gasteiger charge is -2.07. The Labute approximate surface area is 146 Å². The van der Waals surface area contributed by atoms with E-state index in [0.717, 1.165) is 40.2 Å². The van der Waals surface area contributed by atoms with E-state index in [4.69, 9.17) is 0 Å². The molecule has 0 aliphatic rings. The van der Waals surface area contributed by atoms with Crippen LogP contribution in [0.2, 0.25) is 0 Å². The van der Waals surface area contributed by atoms with Gasteiger partial charge in [-0.05, 0) is 48.7 Å². The van der Waals surface area contributed by atoms with Gasteiger partial charge in [-0.2, -0.15) is 9.66 Å². The largest absolute Gasteiger partial charge is 0.273 e. The minimum absolute atomic E-state index is 0.670. The van der Waals surface area contributed by atoms with E-state index in [9.17, 15) is 5.26 Å². The lowest BCUT2D eigenvalue weighted by molar-refractivity contribution is -0.464. The van der Waals surface area contributed by atoms with Crippen LogP contribution in [-0.2, 0) is 6.42 Å². The van der Waals surface area contributed by atoms with Crippen LogP contribution in [-0.4, -0.2) is 4.98 Å². The first-order valence-corrected chi connectivity index (χ1v) is 8.43. The third kappa shape index (κ3) is 2.50. The maximum absolute atomic E-state index is 9.58. The Morgan fingerprint density at radius 3 is 2.60 bits per heavy atom. The van der Waals surface area contributed by atoms with Crippen LogP contribution in [0.4, 0.5) is 11.5 Å². The van der Waals surface area contributed by atoms with E-state index in [0.29, 0.717) is 5.56 Å². The van der Waals surface area contributed by atoms with Crippen LogP contribution < -0.4 is 9.72 Å². The zero-order valence-corrected chi connectivity index (χ0v) is 14.3. The van der Waals surface area contributed by atoms with Gasteiger partial charge in [-0.3, -0.25) is 10.3 Å². The molecule has 0 aliphatic carbocycles. The molecule has 4 heteroatoms.